The van der Waals surface area contributed by atoms with E-state index in [9.17, 15) is 14.4 Å². The number of rotatable bonds is 0. The van der Waals surface area contributed by atoms with Crippen LogP contribution in [-0.2, 0) is 14.1 Å². The fraction of sp³-hybridized carbons (Fsp3) is 0.250. The molecule has 1 atom stereocenters. The van der Waals surface area contributed by atoms with Crippen LogP contribution in [0.15, 0.2) is 77.5 Å². The first-order valence-electron chi connectivity index (χ1n) is 12.0. The molecule has 10 heteroatoms. The van der Waals surface area contributed by atoms with Crippen molar-refractivity contribution < 1.29 is 4.79 Å². The SMILES string of the molecule is CC1CN(C)C(=O)c2cnccc21.Cc1cn(C)c(=O)c2cnccc12.Cn1cnc2ccncc2c1=O. The van der Waals surface area contributed by atoms with Gasteiger partial charge in [-0.25, -0.2) is 4.98 Å². The van der Waals surface area contributed by atoms with E-state index in [1.807, 2.05) is 32.3 Å². The van der Waals surface area contributed by atoms with Crippen LogP contribution in [-0.4, -0.2) is 53.5 Å². The van der Waals surface area contributed by atoms with Gasteiger partial charge in [-0.3, -0.25) is 29.3 Å². The van der Waals surface area contributed by atoms with Gasteiger partial charge in [-0.05, 0) is 47.6 Å². The quantitative estimate of drug-likeness (QED) is 0.314. The Bertz CT molecular complexity index is 1740. The van der Waals surface area contributed by atoms with Crippen molar-refractivity contribution in [2.24, 2.45) is 14.1 Å². The zero-order valence-corrected chi connectivity index (χ0v) is 22.0. The van der Waals surface area contributed by atoms with E-state index in [-0.39, 0.29) is 17.0 Å². The van der Waals surface area contributed by atoms with Crippen molar-refractivity contribution in [3.63, 3.8) is 0 Å². The molecule has 0 N–H and O–H groups in total. The molecule has 5 aromatic heterocycles. The Morgan fingerprint density at radius 2 is 1.42 bits per heavy atom. The Labute approximate surface area is 219 Å². The summed E-state index contributed by atoms with van der Waals surface area (Å²) < 4.78 is 3.02. The molecule has 0 aliphatic carbocycles. The number of amides is 1. The molecule has 194 valence electrons. The lowest BCUT2D eigenvalue weighted by Crippen LogP contribution is -2.36. The minimum atomic E-state index is -0.0619. The van der Waals surface area contributed by atoms with Gasteiger partial charge < -0.3 is 14.0 Å². The normalized spacial score (nSPS) is 14.3. The number of aryl methyl sites for hydroxylation is 3. The Morgan fingerprint density at radius 3 is 2.18 bits per heavy atom. The number of fused-ring (bicyclic) bond motifs is 3. The molecule has 6 rings (SSSR count). The van der Waals surface area contributed by atoms with Crippen LogP contribution in [0.4, 0.5) is 0 Å². The zero-order chi connectivity index (χ0) is 27.4. The number of aromatic nitrogens is 6. The summed E-state index contributed by atoms with van der Waals surface area (Å²) in [5.41, 5.74) is 3.61. The maximum Gasteiger partial charge on any atom is 0.262 e. The van der Waals surface area contributed by atoms with Crippen LogP contribution in [0, 0.1) is 6.92 Å². The van der Waals surface area contributed by atoms with Crippen LogP contribution >= 0.6 is 0 Å². The minimum absolute atomic E-state index is 0.00806. The van der Waals surface area contributed by atoms with E-state index in [0.29, 0.717) is 22.2 Å². The number of nitrogens with zero attached hydrogens (tertiary/aromatic N) is 7. The summed E-state index contributed by atoms with van der Waals surface area (Å²) in [4.78, 5) is 52.2. The second-order valence-electron chi connectivity index (χ2n) is 9.25. The van der Waals surface area contributed by atoms with Crippen molar-refractivity contribution in [2.45, 2.75) is 19.8 Å². The summed E-state index contributed by atoms with van der Waals surface area (Å²) in [6.07, 6.45) is 13.2. The van der Waals surface area contributed by atoms with Gasteiger partial charge >= 0.3 is 0 Å². The molecule has 0 spiro atoms. The molecule has 5 aromatic rings. The van der Waals surface area contributed by atoms with Crippen molar-refractivity contribution in [1.82, 2.24) is 34.0 Å². The maximum atomic E-state index is 11.6. The third-order valence-corrected chi connectivity index (χ3v) is 6.41. The highest BCUT2D eigenvalue weighted by Crippen LogP contribution is 2.25. The Balaban J connectivity index is 0.000000133. The largest absolute Gasteiger partial charge is 0.341 e. The predicted octanol–water partition coefficient (Wildman–Crippen LogP) is 2.84. The molecule has 1 unspecified atom stereocenters. The fourth-order valence-corrected chi connectivity index (χ4v) is 4.38. The van der Waals surface area contributed by atoms with E-state index in [1.165, 1.54) is 17.1 Å². The highest BCUT2D eigenvalue weighted by Gasteiger charge is 2.26. The van der Waals surface area contributed by atoms with Crippen molar-refractivity contribution in [3.8, 4) is 0 Å². The fourth-order valence-electron chi connectivity index (χ4n) is 4.38. The van der Waals surface area contributed by atoms with E-state index >= 15 is 0 Å². The average Bonchev–Trinajstić information content (AvgIpc) is 2.93. The van der Waals surface area contributed by atoms with Crippen molar-refractivity contribution in [1.29, 1.82) is 0 Å². The number of pyridine rings is 4. The van der Waals surface area contributed by atoms with Crippen molar-refractivity contribution in [3.05, 3.63) is 105 Å². The smallest absolute Gasteiger partial charge is 0.262 e. The molecule has 1 aliphatic rings. The topological polar surface area (TPSA) is 116 Å². The molecule has 0 aromatic carbocycles. The van der Waals surface area contributed by atoms with Gasteiger partial charge in [0.25, 0.3) is 17.0 Å². The Hall–Kier alpha value is -4.73. The number of hydrogen-bond donors (Lipinski definition) is 0. The van der Waals surface area contributed by atoms with Crippen LogP contribution in [0.1, 0.15) is 34.3 Å². The molecule has 1 aliphatic heterocycles. The summed E-state index contributed by atoms with van der Waals surface area (Å²) in [7, 11) is 5.25. The van der Waals surface area contributed by atoms with E-state index in [4.69, 9.17) is 0 Å². The summed E-state index contributed by atoms with van der Waals surface area (Å²) >= 11 is 0. The lowest BCUT2D eigenvalue weighted by molar-refractivity contribution is 0.0767. The minimum Gasteiger partial charge on any atom is -0.341 e. The van der Waals surface area contributed by atoms with Crippen LogP contribution in [0.2, 0.25) is 0 Å². The van der Waals surface area contributed by atoms with Gasteiger partial charge in [0.15, 0.2) is 0 Å². The number of likely N-dealkylation sites (N-methyl/N-ethyl adjacent to an activating group) is 1. The summed E-state index contributed by atoms with van der Waals surface area (Å²) in [5.74, 6) is 0.502. The van der Waals surface area contributed by atoms with Crippen molar-refractivity contribution >= 4 is 27.6 Å². The molecule has 6 heterocycles. The van der Waals surface area contributed by atoms with Gasteiger partial charge in [-0.15, -0.1) is 0 Å². The molecule has 1 amide bonds. The van der Waals surface area contributed by atoms with Crippen LogP contribution in [0.25, 0.3) is 21.7 Å². The molecule has 0 bridgehead atoms. The standard InChI is InChI=1S/C10H12N2O.C10H10N2O.C8H7N3O/c2*1-7-6-12(2)10(13)9-5-11-4-3-8(7)9;1-11-5-10-7-2-3-9-4-6(7)8(11)12/h3-5,7H,6H2,1-2H3;3-6H,1-2H3;2-5H,1H3. The van der Waals surface area contributed by atoms with Crippen LogP contribution < -0.4 is 11.1 Å². The monoisotopic (exact) mass is 511 g/mol. The Kier molecular flexibility index (Phi) is 7.71. The first-order chi connectivity index (χ1) is 18.2. The lowest BCUT2D eigenvalue weighted by Gasteiger charge is -2.29. The third-order valence-electron chi connectivity index (χ3n) is 6.41. The van der Waals surface area contributed by atoms with E-state index in [2.05, 4.69) is 26.9 Å². The van der Waals surface area contributed by atoms with Gasteiger partial charge in [0.1, 0.15) is 0 Å². The molecule has 0 radical (unpaired) electrons. The Morgan fingerprint density at radius 1 is 0.789 bits per heavy atom. The molecular weight excluding hydrogens is 482 g/mol. The van der Waals surface area contributed by atoms with Gasteiger partial charge in [0.05, 0.1) is 28.2 Å². The number of carbonyl (C=O) groups is 1. The molecule has 0 saturated heterocycles. The maximum absolute atomic E-state index is 11.6. The van der Waals surface area contributed by atoms with Gasteiger partial charge in [-0.2, -0.15) is 0 Å². The summed E-state index contributed by atoms with van der Waals surface area (Å²) in [6.45, 7) is 4.92. The second kappa shape index (κ2) is 11.1. The second-order valence-corrected chi connectivity index (χ2v) is 9.25. The highest BCUT2D eigenvalue weighted by atomic mass is 16.2. The first kappa shape index (κ1) is 26.3. The molecule has 10 nitrogen and oxygen atoms in total. The molecule has 0 saturated carbocycles. The van der Waals surface area contributed by atoms with Crippen molar-refractivity contribution in [2.75, 3.05) is 13.6 Å². The van der Waals surface area contributed by atoms with Crippen LogP contribution in [0.5, 0.6) is 0 Å². The lowest BCUT2D eigenvalue weighted by atomic mass is 9.93. The number of hydrogen-bond acceptors (Lipinski definition) is 7. The van der Waals surface area contributed by atoms with E-state index in [1.54, 1.807) is 60.6 Å². The molecule has 38 heavy (non-hydrogen) atoms. The highest BCUT2D eigenvalue weighted by molar-refractivity contribution is 5.96. The van der Waals surface area contributed by atoms with Crippen LogP contribution in [0.3, 0.4) is 0 Å². The number of carbonyl (C=O) groups excluding carboxylic acids is 1. The predicted molar refractivity (Wildman–Crippen MR) is 146 cm³/mol. The summed E-state index contributed by atoms with van der Waals surface area (Å²) in [6, 6.07) is 5.52. The summed E-state index contributed by atoms with van der Waals surface area (Å²) in [5, 5.41) is 2.23. The molecular formula is C28H29N7O3. The third kappa shape index (κ3) is 5.34. The van der Waals surface area contributed by atoms with E-state index in [0.717, 1.165) is 28.6 Å². The zero-order valence-electron chi connectivity index (χ0n) is 22.0. The molecule has 0 fully saturated rings. The average molecular weight is 512 g/mol. The first-order valence-corrected chi connectivity index (χ1v) is 12.0. The van der Waals surface area contributed by atoms with Gasteiger partial charge in [0, 0.05) is 71.1 Å². The van der Waals surface area contributed by atoms with Gasteiger partial charge in [0.2, 0.25) is 0 Å². The van der Waals surface area contributed by atoms with E-state index < -0.39 is 0 Å². The van der Waals surface area contributed by atoms with Gasteiger partial charge in [-0.1, -0.05) is 6.92 Å².